The van der Waals surface area contributed by atoms with Gasteiger partial charge < -0.3 is 5.11 Å². The molecule has 0 aromatic heterocycles. The van der Waals surface area contributed by atoms with Crippen molar-refractivity contribution in [3.63, 3.8) is 0 Å². The van der Waals surface area contributed by atoms with Crippen molar-refractivity contribution < 1.29 is 9.90 Å². The molecule has 15 heavy (non-hydrogen) atoms. The van der Waals surface area contributed by atoms with Crippen LogP contribution in [-0.2, 0) is 4.79 Å². The Kier molecular flexibility index (Phi) is 2.13. The lowest BCUT2D eigenvalue weighted by Crippen LogP contribution is -2.37. The molecule has 6 atom stereocenters. The van der Waals surface area contributed by atoms with Gasteiger partial charge in [-0.25, -0.2) is 0 Å². The quantitative estimate of drug-likeness (QED) is 0.691. The van der Waals surface area contributed by atoms with Crippen LogP contribution in [0.1, 0.15) is 13.3 Å². The van der Waals surface area contributed by atoms with E-state index in [0.29, 0.717) is 32.8 Å². The minimum atomic E-state index is 0.0492. The summed E-state index contributed by atoms with van der Waals surface area (Å²) >= 11 is 7.34. The van der Waals surface area contributed by atoms with Crippen molar-refractivity contribution in [3.05, 3.63) is 11.3 Å². The molecule has 2 nitrogen and oxygen atoms in total. The summed E-state index contributed by atoms with van der Waals surface area (Å²) in [5.41, 5.74) is 0.598. The molecule has 1 N–H and O–H groups in total. The lowest BCUT2D eigenvalue weighted by molar-refractivity contribution is -0.120. The number of alkyl halides is 2. The molecule has 3 rings (SSSR count). The van der Waals surface area contributed by atoms with Gasteiger partial charge >= 0.3 is 0 Å². The Bertz CT molecular complexity index is 377. The van der Waals surface area contributed by atoms with Gasteiger partial charge in [-0.1, -0.05) is 31.9 Å². The van der Waals surface area contributed by atoms with Crippen LogP contribution in [0.15, 0.2) is 11.3 Å². The Morgan fingerprint density at radius 3 is 2.33 bits per heavy atom. The normalized spacial score (nSPS) is 52.9. The van der Waals surface area contributed by atoms with Crippen molar-refractivity contribution in [2.24, 2.45) is 23.7 Å². The van der Waals surface area contributed by atoms with E-state index in [9.17, 15) is 9.90 Å². The first kappa shape index (κ1) is 10.3. The summed E-state index contributed by atoms with van der Waals surface area (Å²) in [5.74, 6) is 1.51. The van der Waals surface area contributed by atoms with Crippen LogP contribution in [0, 0.1) is 23.7 Å². The van der Waals surface area contributed by atoms with Crippen molar-refractivity contribution in [1.29, 1.82) is 0 Å². The van der Waals surface area contributed by atoms with E-state index >= 15 is 0 Å². The van der Waals surface area contributed by atoms with Gasteiger partial charge in [-0.15, -0.1) is 0 Å². The predicted octanol–water partition coefficient (Wildman–Crippen LogP) is 2.81. The molecule has 2 unspecified atom stereocenters. The maximum Gasteiger partial charge on any atom is 0.166 e. The molecule has 0 aliphatic heterocycles. The third kappa shape index (κ3) is 1.08. The average Bonchev–Trinajstić information content (AvgIpc) is 2.79. The number of ketones is 1. The first-order valence-corrected chi connectivity index (χ1v) is 7.09. The number of hydrogen-bond donors (Lipinski definition) is 1. The smallest absolute Gasteiger partial charge is 0.166 e. The van der Waals surface area contributed by atoms with Crippen LogP contribution in [-0.4, -0.2) is 20.5 Å². The van der Waals surface area contributed by atoms with Crippen LogP contribution < -0.4 is 0 Å². The lowest BCUT2D eigenvalue weighted by atomic mass is 9.80. The minimum Gasteiger partial charge on any atom is -0.512 e. The van der Waals surface area contributed by atoms with Crippen LogP contribution in [0.3, 0.4) is 0 Å². The van der Waals surface area contributed by atoms with Gasteiger partial charge in [0.1, 0.15) is 5.76 Å². The largest absolute Gasteiger partial charge is 0.512 e. The van der Waals surface area contributed by atoms with Crippen molar-refractivity contribution >= 4 is 37.6 Å². The molecule has 0 aromatic carbocycles. The number of Topliss-reactive ketones (excluding diaryl/α,β-unsaturated/α-hetero) is 1. The molecule has 3 aliphatic rings. The van der Waals surface area contributed by atoms with Gasteiger partial charge in [0.2, 0.25) is 0 Å². The van der Waals surface area contributed by atoms with Crippen LogP contribution in [0.25, 0.3) is 0 Å². The number of aliphatic hydroxyl groups is 1. The Labute approximate surface area is 105 Å². The highest BCUT2D eigenvalue weighted by molar-refractivity contribution is 9.12. The number of aliphatic hydroxyl groups excluding tert-OH is 1. The fraction of sp³-hybridized carbons (Fsp3) is 0.727. The molecule has 0 aromatic rings. The van der Waals surface area contributed by atoms with Crippen LogP contribution in [0.2, 0.25) is 0 Å². The van der Waals surface area contributed by atoms with Gasteiger partial charge in [0.25, 0.3) is 0 Å². The highest BCUT2D eigenvalue weighted by Gasteiger charge is 2.62. The van der Waals surface area contributed by atoms with Crippen LogP contribution in [0.5, 0.6) is 0 Å². The fourth-order valence-corrected chi connectivity index (χ4v) is 5.50. The summed E-state index contributed by atoms with van der Waals surface area (Å²) in [4.78, 5) is 12.8. The number of allylic oxidation sites excluding steroid dienone is 2. The fourth-order valence-electron chi connectivity index (χ4n) is 3.63. The molecule has 0 saturated heterocycles. The first-order valence-electron chi connectivity index (χ1n) is 5.26. The third-order valence-electron chi connectivity index (χ3n) is 4.35. The number of rotatable bonds is 0. The van der Waals surface area contributed by atoms with Crippen molar-refractivity contribution in [2.75, 3.05) is 0 Å². The number of carbonyl (C=O) groups is 1. The summed E-state index contributed by atoms with van der Waals surface area (Å²) in [6, 6.07) is 0. The molecule has 82 valence electrons. The zero-order valence-electron chi connectivity index (χ0n) is 8.28. The molecule has 0 spiro atoms. The highest BCUT2D eigenvalue weighted by atomic mass is 79.9. The van der Waals surface area contributed by atoms with E-state index in [1.165, 1.54) is 0 Å². The van der Waals surface area contributed by atoms with Gasteiger partial charge in [0.05, 0.1) is 0 Å². The molecule has 4 heteroatoms. The summed E-state index contributed by atoms with van der Waals surface area (Å²) in [6.07, 6.45) is 1.06. The molecule has 3 aliphatic carbocycles. The summed E-state index contributed by atoms with van der Waals surface area (Å²) < 4.78 is 0. The first-order chi connectivity index (χ1) is 7.04. The van der Waals surface area contributed by atoms with Crippen molar-refractivity contribution in [3.8, 4) is 0 Å². The van der Waals surface area contributed by atoms with Crippen LogP contribution in [0.4, 0.5) is 0 Å². The predicted molar refractivity (Wildman–Crippen MR) is 64.3 cm³/mol. The molecule has 0 radical (unpaired) electrons. The SMILES string of the molecule is CC1=C(O)[C@@H]2[C@H](C1=O)[C@H]1C[C@@H]2C(Br)C1Br. The number of hydrogen-bond acceptors (Lipinski definition) is 2. The number of fused-ring (bicyclic) bond motifs is 5. The molecule has 2 fully saturated rings. The van der Waals surface area contributed by atoms with E-state index in [2.05, 4.69) is 31.9 Å². The topological polar surface area (TPSA) is 37.3 Å². The Morgan fingerprint density at radius 1 is 1.20 bits per heavy atom. The molecule has 0 heterocycles. The summed E-state index contributed by atoms with van der Waals surface area (Å²) in [5, 5.41) is 9.99. The Morgan fingerprint density at radius 2 is 1.73 bits per heavy atom. The standard InChI is InChI=1S/C11H12Br2O2/c1-3-10(14)6-4-2-5(7(6)11(3)15)9(13)8(4)12/h4-9,14H,2H2,1H3/t4-,5+,6-,7+,8?,9?/m0/s1. The van der Waals surface area contributed by atoms with E-state index in [-0.39, 0.29) is 17.6 Å². The third-order valence-corrected chi connectivity index (χ3v) is 7.55. The average molecular weight is 336 g/mol. The van der Waals surface area contributed by atoms with E-state index < -0.39 is 0 Å². The van der Waals surface area contributed by atoms with Gasteiger partial charge in [-0.2, -0.15) is 0 Å². The summed E-state index contributed by atoms with van der Waals surface area (Å²) in [6.45, 7) is 1.75. The maximum atomic E-state index is 12.0. The maximum absolute atomic E-state index is 12.0. The van der Waals surface area contributed by atoms with E-state index in [1.54, 1.807) is 6.92 Å². The number of carbonyl (C=O) groups excluding carboxylic acids is 1. The highest BCUT2D eigenvalue weighted by Crippen LogP contribution is 2.62. The second-order valence-corrected chi connectivity index (χ2v) is 6.99. The van der Waals surface area contributed by atoms with Gasteiger partial charge in [-0.05, 0) is 25.2 Å². The second-order valence-electron chi connectivity index (χ2n) is 4.88. The second kappa shape index (κ2) is 3.10. The van der Waals surface area contributed by atoms with Gasteiger partial charge in [0, 0.05) is 27.1 Å². The molecule has 0 amide bonds. The molecular formula is C11H12Br2O2. The van der Waals surface area contributed by atoms with E-state index in [4.69, 9.17) is 0 Å². The monoisotopic (exact) mass is 334 g/mol. The summed E-state index contributed by atoms with van der Waals surface area (Å²) in [7, 11) is 0. The minimum absolute atomic E-state index is 0.0492. The Hall–Kier alpha value is 0.170. The lowest BCUT2D eigenvalue weighted by Gasteiger charge is -2.31. The number of halogens is 2. The molecule has 2 saturated carbocycles. The Balaban J connectivity index is 2.05. The van der Waals surface area contributed by atoms with Crippen molar-refractivity contribution in [2.45, 2.75) is 23.0 Å². The van der Waals surface area contributed by atoms with Crippen molar-refractivity contribution in [1.82, 2.24) is 0 Å². The van der Waals surface area contributed by atoms with E-state index in [0.717, 1.165) is 6.42 Å². The molecule has 2 bridgehead atoms. The van der Waals surface area contributed by atoms with Gasteiger partial charge in [-0.3, -0.25) is 4.79 Å². The zero-order chi connectivity index (χ0) is 10.9. The van der Waals surface area contributed by atoms with Crippen LogP contribution >= 0.6 is 31.9 Å². The van der Waals surface area contributed by atoms with Gasteiger partial charge in [0.15, 0.2) is 5.78 Å². The van der Waals surface area contributed by atoms with E-state index in [1.807, 2.05) is 0 Å². The zero-order valence-corrected chi connectivity index (χ0v) is 11.5. The molecular weight excluding hydrogens is 324 g/mol.